The van der Waals surface area contributed by atoms with Crippen molar-refractivity contribution in [1.82, 2.24) is 20.2 Å². The average Bonchev–Trinajstić information content (AvgIpc) is 2.92. The second-order valence-electron chi connectivity index (χ2n) is 4.22. The van der Waals surface area contributed by atoms with Gasteiger partial charge in [-0.3, -0.25) is 0 Å². The minimum absolute atomic E-state index is 0.331. The van der Waals surface area contributed by atoms with E-state index >= 15 is 0 Å². The standard InChI is InChI=1S/C14H11BrN4O/c1-10-9-12(7-8-13(10)15)20-14-16-17-18-19(14)11-5-3-2-4-6-11/h2-9H,1H3. The zero-order chi connectivity index (χ0) is 13.9. The van der Waals surface area contributed by atoms with E-state index in [0.717, 1.165) is 15.7 Å². The van der Waals surface area contributed by atoms with Gasteiger partial charge in [0.05, 0.1) is 5.69 Å². The third-order valence-corrected chi connectivity index (χ3v) is 3.67. The van der Waals surface area contributed by atoms with Crippen LogP contribution in [0.1, 0.15) is 5.56 Å². The van der Waals surface area contributed by atoms with Crippen LogP contribution < -0.4 is 4.74 Å². The lowest BCUT2D eigenvalue weighted by Gasteiger charge is -2.07. The van der Waals surface area contributed by atoms with Crippen LogP contribution in [-0.4, -0.2) is 20.2 Å². The Hall–Kier alpha value is -2.21. The van der Waals surface area contributed by atoms with E-state index in [9.17, 15) is 0 Å². The smallest absolute Gasteiger partial charge is 0.345 e. The molecule has 0 bridgehead atoms. The summed E-state index contributed by atoms with van der Waals surface area (Å²) in [7, 11) is 0. The quantitative estimate of drug-likeness (QED) is 0.737. The van der Waals surface area contributed by atoms with E-state index in [1.54, 1.807) is 4.68 Å². The minimum Gasteiger partial charge on any atom is -0.423 e. The molecule has 0 aliphatic rings. The second-order valence-corrected chi connectivity index (χ2v) is 5.08. The van der Waals surface area contributed by atoms with Crippen LogP contribution in [0.4, 0.5) is 0 Å². The number of ether oxygens (including phenoxy) is 1. The highest BCUT2D eigenvalue weighted by Gasteiger charge is 2.10. The Morgan fingerprint density at radius 2 is 1.90 bits per heavy atom. The minimum atomic E-state index is 0.331. The number of nitrogens with zero attached hydrogens (tertiary/aromatic N) is 4. The zero-order valence-electron chi connectivity index (χ0n) is 10.7. The maximum absolute atomic E-state index is 5.75. The molecule has 0 atom stereocenters. The molecule has 5 nitrogen and oxygen atoms in total. The summed E-state index contributed by atoms with van der Waals surface area (Å²) in [6.07, 6.45) is 0. The first-order valence-corrected chi connectivity index (χ1v) is 6.81. The molecule has 0 saturated heterocycles. The molecular formula is C14H11BrN4O. The summed E-state index contributed by atoms with van der Waals surface area (Å²) < 4.78 is 8.33. The second kappa shape index (κ2) is 5.42. The average molecular weight is 331 g/mol. The maximum Gasteiger partial charge on any atom is 0.345 e. The van der Waals surface area contributed by atoms with E-state index in [2.05, 4.69) is 31.5 Å². The number of hydrogen-bond acceptors (Lipinski definition) is 4. The van der Waals surface area contributed by atoms with Gasteiger partial charge in [0.2, 0.25) is 0 Å². The third-order valence-electron chi connectivity index (χ3n) is 2.78. The van der Waals surface area contributed by atoms with E-state index in [1.807, 2.05) is 55.5 Å². The lowest BCUT2D eigenvalue weighted by atomic mass is 10.2. The van der Waals surface area contributed by atoms with Gasteiger partial charge in [-0.25, -0.2) is 0 Å². The van der Waals surface area contributed by atoms with E-state index in [-0.39, 0.29) is 0 Å². The van der Waals surface area contributed by atoms with E-state index in [4.69, 9.17) is 4.74 Å². The molecule has 3 aromatic rings. The molecule has 0 radical (unpaired) electrons. The van der Waals surface area contributed by atoms with Crippen LogP contribution in [-0.2, 0) is 0 Å². The summed E-state index contributed by atoms with van der Waals surface area (Å²) in [6, 6.07) is 15.7. The Morgan fingerprint density at radius 3 is 2.65 bits per heavy atom. The highest BCUT2D eigenvalue weighted by atomic mass is 79.9. The van der Waals surface area contributed by atoms with Crippen LogP contribution in [0, 0.1) is 6.92 Å². The molecule has 0 N–H and O–H groups in total. The zero-order valence-corrected chi connectivity index (χ0v) is 12.3. The molecule has 0 fully saturated rings. The van der Waals surface area contributed by atoms with Gasteiger partial charge < -0.3 is 4.74 Å². The van der Waals surface area contributed by atoms with Crippen LogP contribution in [0.5, 0.6) is 11.8 Å². The number of aryl methyl sites for hydroxylation is 1. The molecule has 1 heterocycles. The summed E-state index contributed by atoms with van der Waals surface area (Å²) in [6.45, 7) is 2.00. The molecule has 0 spiro atoms. The Morgan fingerprint density at radius 1 is 1.10 bits per heavy atom. The van der Waals surface area contributed by atoms with E-state index < -0.39 is 0 Å². The number of halogens is 1. The van der Waals surface area contributed by atoms with Crippen molar-refractivity contribution in [3.8, 4) is 17.4 Å². The van der Waals surface area contributed by atoms with Gasteiger partial charge in [-0.15, -0.1) is 0 Å². The Balaban J connectivity index is 1.92. The van der Waals surface area contributed by atoms with Crippen molar-refractivity contribution in [2.24, 2.45) is 0 Å². The van der Waals surface area contributed by atoms with Gasteiger partial charge in [-0.1, -0.05) is 39.2 Å². The summed E-state index contributed by atoms with van der Waals surface area (Å²) in [5, 5.41) is 11.5. The van der Waals surface area contributed by atoms with Gasteiger partial charge in [0.25, 0.3) is 0 Å². The van der Waals surface area contributed by atoms with Gasteiger partial charge in [-0.05, 0) is 53.2 Å². The topological polar surface area (TPSA) is 52.8 Å². The normalized spacial score (nSPS) is 10.5. The number of hydrogen-bond donors (Lipinski definition) is 0. The molecule has 20 heavy (non-hydrogen) atoms. The molecule has 1 aromatic heterocycles. The fourth-order valence-corrected chi connectivity index (χ4v) is 2.01. The van der Waals surface area contributed by atoms with E-state index in [0.29, 0.717) is 11.8 Å². The van der Waals surface area contributed by atoms with E-state index in [1.165, 1.54) is 0 Å². The van der Waals surface area contributed by atoms with Crippen molar-refractivity contribution in [2.45, 2.75) is 6.92 Å². The highest BCUT2D eigenvalue weighted by molar-refractivity contribution is 9.10. The first-order valence-electron chi connectivity index (χ1n) is 6.02. The van der Waals surface area contributed by atoms with Gasteiger partial charge in [0.15, 0.2) is 0 Å². The summed E-state index contributed by atoms with van der Waals surface area (Å²) in [5.41, 5.74) is 1.93. The van der Waals surface area contributed by atoms with Crippen molar-refractivity contribution in [1.29, 1.82) is 0 Å². The van der Waals surface area contributed by atoms with Crippen LogP contribution in [0.25, 0.3) is 5.69 Å². The number of benzene rings is 2. The van der Waals surface area contributed by atoms with Crippen molar-refractivity contribution < 1.29 is 4.74 Å². The molecule has 6 heteroatoms. The third kappa shape index (κ3) is 2.55. The molecule has 3 rings (SSSR count). The van der Waals surface area contributed by atoms with Crippen molar-refractivity contribution >= 4 is 15.9 Å². The molecule has 2 aromatic carbocycles. The van der Waals surface area contributed by atoms with Crippen molar-refractivity contribution in [2.75, 3.05) is 0 Å². The molecule has 0 aliphatic carbocycles. The van der Waals surface area contributed by atoms with Gasteiger partial charge >= 0.3 is 6.01 Å². The van der Waals surface area contributed by atoms with Crippen LogP contribution in [0.15, 0.2) is 53.0 Å². The summed E-state index contributed by atoms with van der Waals surface area (Å²) in [4.78, 5) is 0. The van der Waals surface area contributed by atoms with Crippen molar-refractivity contribution in [3.63, 3.8) is 0 Å². The van der Waals surface area contributed by atoms with Crippen LogP contribution in [0.2, 0.25) is 0 Å². The monoisotopic (exact) mass is 330 g/mol. The number of tetrazole rings is 1. The predicted octanol–water partition coefficient (Wildman–Crippen LogP) is 3.53. The highest BCUT2D eigenvalue weighted by Crippen LogP contribution is 2.25. The molecule has 0 unspecified atom stereocenters. The molecule has 0 saturated carbocycles. The Kier molecular flexibility index (Phi) is 3.47. The lowest BCUT2D eigenvalue weighted by Crippen LogP contribution is -2.00. The fraction of sp³-hybridized carbons (Fsp3) is 0.0714. The van der Waals surface area contributed by atoms with Crippen molar-refractivity contribution in [3.05, 3.63) is 58.6 Å². The summed E-state index contributed by atoms with van der Waals surface area (Å²) >= 11 is 3.46. The molecule has 100 valence electrons. The number of rotatable bonds is 3. The first kappa shape index (κ1) is 12.8. The van der Waals surface area contributed by atoms with Gasteiger partial charge in [-0.2, -0.15) is 4.68 Å². The largest absolute Gasteiger partial charge is 0.423 e. The Bertz CT molecular complexity index is 727. The first-order chi connectivity index (χ1) is 9.74. The van der Waals surface area contributed by atoms with Gasteiger partial charge in [0.1, 0.15) is 5.75 Å². The predicted molar refractivity (Wildman–Crippen MR) is 78.1 cm³/mol. The molecular weight excluding hydrogens is 320 g/mol. The van der Waals surface area contributed by atoms with Crippen LogP contribution >= 0.6 is 15.9 Å². The fourth-order valence-electron chi connectivity index (χ4n) is 1.76. The van der Waals surface area contributed by atoms with Gasteiger partial charge in [0, 0.05) is 4.47 Å². The number of para-hydroxylation sites is 1. The van der Waals surface area contributed by atoms with Crippen LogP contribution in [0.3, 0.4) is 0 Å². The molecule has 0 aliphatic heterocycles. The SMILES string of the molecule is Cc1cc(Oc2nnnn2-c2ccccc2)ccc1Br. The summed E-state index contributed by atoms with van der Waals surface area (Å²) in [5.74, 6) is 0.692. The Labute approximate surface area is 124 Å². The number of aromatic nitrogens is 4. The maximum atomic E-state index is 5.75. The molecule has 0 amide bonds. The lowest BCUT2D eigenvalue weighted by molar-refractivity contribution is 0.427.